The zero-order valence-electron chi connectivity index (χ0n) is 11.4. The zero-order valence-corrected chi connectivity index (χ0v) is 15.3. The molecule has 1 fully saturated rings. The third kappa shape index (κ3) is 3.84. The van der Waals surface area contributed by atoms with Gasteiger partial charge in [0.25, 0.3) is 0 Å². The molecule has 0 amide bonds. The van der Waals surface area contributed by atoms with Crippen molar-refractivity contribution >= 4 is 45.9 Å². The fraction of sp³-hybridized carbons (Fsp3) is 0.500. The Morgan fingerprint density at radius 2 is 2.16 bits per heavy atom. The van der Waals surface area contributed by atoms with Gasteiger partial charge in [-0.05, 0) is 30.5 Å². The van der Waals surface area contributed by atoms with Crippen molar-refractivity contribution in [3.8, 4) is 0 Å². The topological polar surface area (TPSA) is 36.4 Å². The molecule has 1 aromatic rings. The molecule has 0 radical (unpaired) electrons. The van der Waals surface area contributed by atoms with Crippen LogP contribution in [0.5, 0.6) is 0 Å². The molecule has 1 aliphatic rings. The third-order valence-corrected chi connectivity index (χ3v) is 4.30. The van der Waals surface area contributed by atoms with Crippen molar-refractivity contribution in [2.24, 2.45) is 4.99 Å². The van der Waals surface area contributed by atoms with Crippen molar-refractivity contribution < 1.29 is 0 Å². The number of hydrogen-bond acceptors (Lipinski definition) is 1. The maximum absolute atomic E-state index is 4.16. The number of guanidine groups is 1. The lowest BCUT2D eigenvalue weighted by Crippen LogP contribution is -2.48. The summed E-state index contributed by atoms with van der Waals surface area (Å²) in [6.45, 7) is 0.941. The van der Waals surface area contributed by atoms with Crippen molar-refractivity contribution in [1.29, 1.82) is 0 Å². The Morgan fingerprint density at radius 3 is 2.63 bits per heavy atom. The number of benzene rings is 1. The average Bonchev–Trinajstić information content (AvgIpc) is 2.33. The Bertz CT molecular complexity index is 444. The fourth-order valence-corrected chi connectivity index (χ4v) is 2.92. The molecule has 2 rings (SSSR count). The van der Waals surface area contributed by atoms with Crippen LogP contribution in [0, 0.1) is 0 Å². The molecule has 3 nitrogen and oxygen atoms in total. The van der Waals surface area contributed by atoms with E-state index in [2.05, 4.69) is 55.8 Å². The molecule has 19 heavy (non-hydrogen) atoms. The quantitative estimate of drug-likeness (QED) is 0.432. The molecule has 0 saturated heterocycles. The van der Waals surface area contributed by atoms with E-state index in [4.69, 9.17) is 0 Å². The van der Waals surface area contributed by atoms with Crippen LogP contribution < -0.4 is 10.6 Å². The largest absolute Gasteiger partial charge is 0.359 e. The van der Waals surface area contributed by atoms with Gasteiger partial charge >= 0.3 is 0 Å². The van der Waals surface area contributed by atoms with Gasteiger partial charge in [-0.15, -0.1) is 24.0 Å². The van der Waals surface area contributed by atoms with Crippen LogP contribution in [-0.2, 0) is 5.41 Å². The predicted octanol–water partition coefficient (Wildman–Crippen LogP) is 3.28. The molecule has 0 aliphatic heterocycles. The lowest BCUT2D eigenvalue weighted by molar-refractivity contribution is 0.244. The molecule has 2 N–H and O–H groups in total. The van der Waals surface area contributed by atoms with Gasteiger partial charge in [-0.25, -0.2) is 0 Å². The van der Waals surface area contributed by atoms with Gasteiger partial charge in [0.1, 0.15) is 0 Å². The van der Waals surface area contributed by atoms with E-state index in [1.165, 1.54) is 24.8 Å². The first-order valence-electron chi connectivity index (χ1n) is 6.35. The minimum Gasteiger partial charge on any atom is -0.359 e. The highest BCUT2D eigenvalue weighted by molar-refractivity contribution is 14.0. The van der Waals surface area contributed by atoms with E-state index in [-0.39, 0.29) is 29.4 Å². The van der Waals surface area contributed by atoms with E-state index < -0.39 is 0 Å². The second-order valence-electron chi connectivity index (χ2n) is 4.82. The Hall–Kier alpha value is -0.300. The van der Waals surface area contributed by atoms with Crippen molar-refractivity contribution in [2.45, 2.75) is 24.7 Å². The van der Waals surface area contributed by atoms with E-state index >= 15 is 0 Å². The molecule has 0 aromatic heterocycles. The summed E-state index contributed by atoms with van der Waals surface area (Å²) in [5, 5.41) is 6.47. The summed E-state index contributed by atoms with van der Waals surface area (Å²) in [6.07, 6.45) is 3.81. The van der Waals surface area contributed by atoms with E-state index in [0.29, 0.717) is 0 Å². The Labute approximate surface area is 140 Å². The van der Waals surface area contributed by atoms with E-state index in [1.807, 2.05) is 7.05 Å². The van der Waals surface area contributed by atoms with Crippen LogP contribution in [0.1, 0.15) is 24.8 Å². The molecule has 0 spiro atoms. The van der Waals surface area contributed by atoms with Gasteiger partial charge in [0.15, 0.2) is 5.96 Å². The Balaban J connectivity index is 0.00000180. The van der Waals surface area contributed by atoms with E-state index in [1.54, 1.807) is 7.05 Å². The van der Waals surface area contributed by atoms with Crippen molar-refractivity contribution in [1.82, 2.24) is 10.6 Å². The number of aliphatic imine (C=N–C) groups is 1. The third-order valence-electron chi connectivity index (χ3n) is 3.80. The molecule has 1 saturated carbocycles. The highest BCUT2D eigenvalue weighted by Crippen LogP contribution is 2.43. The standard InChI is InChI=1S/C14H20BrN3.HI/c1-16-13(17-2)18-10-14(7-4-8-14)11-5-3-6-12(15)9-11;/h3,5-6,9H,4,7-8,10H2,1-2H3,(H2,16,17,18);1H. The van der Waals surface area contributed by atoms with Gasteiger partial charge in [0, 0.05) is 30.5 Å². The first kappa shape index (κ1) is 16.8. The van der Waals surface area contributed by atoms with Gasteiger partial charge in [-0.3, -0.25) is 4.99 Å². The lowest BCUT2D eigenvalue weighted by atomic mass is 9.64. The SMILES string of the molecule is CN=C(NC)NCC1(c2cccc(Br)c2)CCC1.I. The summed E-state index contributed by atoms with van der Waals surface area (Å²) in [7, 11) is 3.69. The van der Waals surface area contributed by atoms with Crippen molar-refractivity contribution in [3.63, 3.8) is 0 Å². The molecule has 5 heteroatoms. The maximum atomic E-state index is 4.16. The Morgan fingerprint density at radius 1 is 1.42 bits per heavy atom. The van der Waals surface area contributed by atoms with Crippen molar-refractivity contribution in [2.75, 3.05) is 20.6 Å². The number of rotatable bonds is 3. The summed E-state index contributed by atoms with van der Waals surface area (Å²) in [6, 6.07) is 8.67. The Kier molecular flexibility index (Phi) is 6.59. The summed E-state index contributed by atoms with van der Waals surface area (Å²) < 4.78 is 1.16. The van der Waals surface area contributed by atoms with Crippen LogP contribution in [0.25, 0.3) is 0 Å². The smallest absolute Gasteiger partial charge is 0.190 e. The molecule has 0 unspecified atom stereocenters. The second-order valence-corrected chi connectivity index (χ2v) is 5.74. The molecular weight excluding hydrogens is 417 g/mol. The molecule has 106 valence electrons. The summed E-state index contributed by atoms with van der Waals surface area (Å²) in [5.41, 5.74) is 1.69. The number of nitrogens with one attached hydrogen (secondary N) is 2. The maximum Gasteiger partial charge on any atom is 0.190 e. The van der Waals surface area contributed by atoms with Crippen LogP contribution in [0.3, 0.4) is 0 Å². The fourth-order valence-electron chi connectivity index (χ4n) is 2.52. The first-order valence-corrected chi connectivity index (χ1v) is 7.14. The summed E-state index contributed by atoms with van der Waals surface area (Å²) in [5.74, 6) is 0.858. The first-order chi connectivity index (χ1) is 8.70. The second kappa shape index (κ2) is 7.47. The molecule has 0 heterocycles. The average molecular weight is 438 g/mol. The van der Waals surface area contributed by atoms with Gasteiger partial charge in [-0.2, -0.15) is 0 Å². The molecular formula is C14H21BrIN3. The van der Waals surface area contributed by atoms with Crippen LogP contribution in [0.15, 0.2) is 33.7 Å². The molecule has 0 bridgehead atoms. The van der Waals surface area contributed by atoms with E-state index in [0.717, 1.165) is 17.0 Å². The van der Waals surface area contributed by atoms with Gasteiger partial charge in [0.2, 0.25) is 0 Å². The van der Waals surface area contributed by atoms with Gasteiger partial charge < -0.3 is 10.6 Å². The summed E-state index contributed by atoms with van der Waals surface area (Å²) in [4.78, 5) is 4.16. The zero-order chi connectivity index (χ0) is 13.0. The number of hydrogen-bond donors (Lipinski definition) is 2. The van der Waals surface area contributed by atoms with Gasteiger partial charge in [0.05, 0.1) is 0 Å². The highest BCUT2D eigenvalue weighted by atomic mass is 127. The highest BCUT2D eigenvalue weighted by Gasteiger charge is 2.38. The van der Waals surface area contributed by atoms with E-state index in [9.17, 15) is 0 Å². The number of halogens is 2. The summed E-state index contributed by atoms with van der Waals surface area (Å²) >= 11 is 3.56. The van der Waals surface area contributed by atoms with Crippen LogP contribution in [-0.4, -0.2) is 26.6 Å². The van der Waals surface area contributed by atoms with Crippen molar-refractivity contribution in [3.05, 3.63) is 34.3 Å². The van der Waals surface area contributed by atoms with Crippen LogP contribution in [0.2, 0.25) is 0 Å². The number of nitrogens with zero attached hydrogens (tertiary/aromatic N) is 1. The minimum atomic E-state index is 0. The molecule has 0 atom stereocenters. The molecule has 1 aromatic carbocycles. The normalized spacial score (nSPS) is 17.1. The molecule has 1 aliphatic carbocycles. The minimum absolute atomic E-state index is 0. The lowest BCUT2D eigenvalue weighted by Gasteiger charge is -2.43. The van der Waals surface area contributed by atoms with Crippen LogP contribution in [0.4, 0.5) is 0 Å². The van der Waals surface area contributed by atoms with Gasteiger partial charge in [-0.1, -0.05) is 34.5 Å². The monoisotopic (exact) mass is 437 g/mol. The van der Waals surface area contributed by atoms with Crippen LogP contribution >= 0.6 is 39.9 Å². The predicted molar refractivity (Wildman–Crippen MR) is 95.5 cm³/mol.